The van der Waals surface area contributed by atoms with Gasteiger partial charge in [0.15, 0.2) is 5.58 Å². The van der Waals surface area contributed by atoms with Gasteiger partial charge in [0, 0.05) is 17.1 Å². The lowest BCUT2D eigenvalue weighted by molar-refractivity contribution is -0.382. The first-order valence-electron chi connectivity index (χ1n) is 9.24. The Balaban J connectivity index is 1.47. The molecule has 0 fully saturated rings. The van der Waals surface area contributed by atoms with E-state index in [4.69, 9.17) is 16.0 Å². The number of hydrogen-bond donors (Lipinski definition) is 1. The molecule has 5 aromatic rings. The Hall–Kier alpha value is -3.82. The summed E-state index contributed by atoms with van der Waals surface area (Å²) in [6, 6.07) is 15.4. The topological polar surface area (TPSA) is 98.3 Å². The van der Waals surface area contributed by atoms with E-state index in [0.29, 0.717) is 26.9 Å². The molecule has 0 spiro atoms. The molecule has 0 radical (unpaired) electrons. The molecule has 0 bridgehead atoms. The molecule has 0 atom stereocenters. The van der Waals surface area contributed by atoms with Crippen LogP contribution in [0.5, 0.6) is 0 Å². The number of nitro groups is 1. The van der Waals surface area contributed by atoms with Gasteiger partial charge in [-0.3, -0.25) is 14.9 Å². The second-order valence-corrected chi connectivity index (χ2v) is 8.19. The van der Waals surface area contributed by atoms with Crippen molar-refractivity contribution in [3.05, 3.63) is 86.5 Å². The van der Waals surface area contributed by atoms with Crippen LogP contribution in [0.3, 0.4) is 0 Å². The summed E-state index contributed by atoms with van der Waals surface area (Å²) < 4.78 is 20.0. The molecule has 1 N–H and O–H groups in total. The maximum absolute atomic E-state index is 14.0. The zero-order valence-corrected chi connectivity index (χ0v) is 17.5. The summed E-state index contributed by atoms with van der Waals surface area (Å²) in [5, 5.41) is 14.6. The van der Waals surface area contributed by atoms with E-state index in [0.717, 1.165) is 11.3 Å². The number of amides is 1. The van der Waals surface area contributed by atoms with Crippen LogP contribution in [0.2, 0.25) is 5.02 Å². The average molecular weight is 468 g/mol. The number of anilines is 1. The van der Waals surface area contributed by atoms with Crippen molar-refractivity contribution in [2.45, 2.75) is 0 Å². The van der Waals surface area contributed by atoms with Gasteiger partial charge in [-0.2, -0.15) is 0 Å². The van der Waals surface area contributed by atoms with Crippen molar-refractivity contribution in [2.75, 3.05) is 5.32 Å². The quantitative estimate of drug-likeness (QED) is 0.235. The predicted molar refractivity (Wildman–Crippen MR) is 121 cm³/mol. The van der Waals surface area contributed by atoms with Crippen molar-refractivity contribution >= 4 is 61.4 Å². The van der Waals surface area contributed by atoms with Gasteiger partial charge in [0.25, 0.3) is 11.6 Å². The molecule has 32 heavy (non-hydrogen) atoms. The number of benzene rings is 3. The summed E-state index contributed by atoms with van der Waals surface area (Å²) in [6.45, 7) is 0. The number of carbonyl (C=O) groups excluding carboxylic acids is 1. The fourth-order valence-corrected chi connectivity index (χ4v) is 4.80. The first-order valence-corrected chi connectivity index (χ1v) is 10.4. The van der Waals surface area contributed by atoms with Gasteiger partial charge in [-0.05, 0) is 30.3 Å². The number of fused-ring (bicyclic) bond motifs is 2. The van der Waals surface area contributed by atoms with E-state index in [1.165, 1.54) is 18.2 Å². The number of hydrogen-bond acceptors (Lipinski definition) is 6. The molecule has 7 nitrogen and oxygen atoms in total. The lowest BCUT2D eigenvalue weighted by atomic mass is 10.2. The van der Waals surface area contributed by atoms with Crippen molar-refractivity contribution in [3.8, 4) is 11.5 Å². The fraction of sp³-hybridized carbons (Fsp3) is 0. The first-order chi connectivity index (χ1) is 15.4. The zero-order chi connectivity index (χ0) is 22.4. The molecular weight excluding hydrogens is 457 g/mol. The summed E-state index contributed by atoms with van der Waals surface area (Å²) >= 11 is 7.29. The monoisotopic (exact) mass is 467 g/mol. The highest BCUT2D eigenvalue weighted by Gasteiger charge is 2.23. The van der Waals surface area contributed by atoms with Crippen molar-refractivity contribution < 1.29 is 18.5 Å². The van der Waals surface area contributed by atoms with Crippen LogP contribution in [0, 0.1) is 15.9 Å². The Kier molecular flexibility index (Phi) is 4.84. The third kappa shape index (κ3) is 3.37. The number of halogens is 2. The SMILES string of the molecule is O=C(Nc1ccc2oc(-c3ccccc3F)nc2c1)c1sc2c([N+](=O)[O-])cccc2c1Cl. The maximum Gasteiger partial charge on any atom is 0.287 e. The molecule has 0 saturated heterocycles. The highest BCUT2D eigenvalue weighted by molar-refractivity contribution is 7.22. The molecular formula is C22H11ClFN3O4S. The van der Waals surface area contributed by atoms with Crippen molar-refractivity contribution in [1.82, 2.24) is 4.98 Å². The van der Waals surface area contributed by atoms with Crippen LogP contribution in [-0.2, 0) is 0 Å². The highest BCUT2D eigenvalue weighted by atomic mass is 35.5. The minimum absolute atomic E-state index is 0.113. The second-order valence-electron chi connectivity index (χ2n) is 6.79. The predicted octanol–water partition coefficient (Wildman–Crippen LogP) is 6.66. The van der Waals surface area contributed by atoms with Crippen molar-refractivity contribution in [3.63, 3.8) is 0 Å². The number of non-ortho nitro benzene ring substituents is 1. The van der Waals surface area contributed by atoms with E-state index in [1.807, 2.05) is 0 Å². The van der Waals surface area contributed by atoms with Crippen LogP contribution in [0.1, 0.15) is 9.67 Å². The molecule has 0 aliphatic rings. The van der Waals surface area contributed by atoms with E-state index in [2.05, 4.69) is 10.3 Å². The lowest BCUT2D eigenvalue weighted by Gasteiger charge is -2.03. The largest absolute Gasteiger partial charge is 0.436 e. The van der Waals surface area contributed by atoms with Crippen LogP contribution < -0.4 is 5.32 Å². The molecule has 2 aromatic heterocycles. The number of nitro benzene ring substituents is 1. The van der Waals surface area contributed by atoms with Crippen molar-refractivity contribution in [1.29, 1.82) is 0 Å². The van der Waals surface area contributed by atoms with Gasteiger partial charge >= 0.3 is 0 Å². The number of thiophene rings is 1. The standard InChI is InChI=1S/C22H11ClFN3O4S/c23-18-13-5-3-7-16(27(29)30)19(13)32-20(18)21(28)25-11-8-9-17-15(10-11)26-22(31-17)12-4-1-2-6-14(12)24/h1-10H,(H,25,28). The van der Waals surface area contributed by atoms with Gasteiger partial charge in [0.05, 0.1) is 15.5 Å². The summed E-state index contributed by atoms with van der Waals surface area (Å²) in [7, 11) is 0. The van der Waals surface area contributed by atoms with Crippen LogP contribution in [0.15, 0.2) is 65.1 Å². The first kappa shape index (κ1) is 20.1. The van der Waals surface area contributed by atoms with Crippen LogP contribution in [-0.4, -0.2) is 15.8 Å². The molecule has 5 rings (SSSR count). The molecule has 2 heterocycles. The van der Waals surface area contributed by atoms with Crippen LogP contribution in [0.25, 0.3) is 32.6 Å². The summed E-state index contributed by atoms with van der Waals surface area (Å²) in [6.07, 6.45) is 0. The van der Waals surface area contributed by atoms with E-state index >= 15 is 0 Å². The number of rotatable bonds is 4. The van der Waals surface area contributed by atoms with E-state index in [1.54, 1.807) is 42.5 Å². The summed E-state index contributed by atoms with van der Waals surface area (Å²) in [5.74, 6) is -0.842. The molecule has 3 aromatic carbocycles. The Morgan fingerprint density at radius 2 is 1.97 bits per heavy atom. The van der Waals surface area contributed by atoms with Crippen molar-refractivity contribution in [2.24, 2.45) is 0 Å². The fourth-order valence-electron chi connectivity index (χ4n) is 3.31. The van der Waals surface area contributed by atoms with Gasteiger partial charge in [0.1, 0.15) is 20.9 Å². The Morgan fingerprint density at radius 1 is 1.16 bits per heavy atom. The number of aromatic nitrogens is 1. The molecule has 0 aliphatic carbocycles. The van der Waals surface area contributed by atoms with Gasteiger partial charge in [-0.25, -0.2) is 9.37 Å². The molecule has 10 heteroatoms. The molecule has 0 unspecified atom stereocenters. The summed E-state index contributed by atoms with van der Waals surface area (Å²) in [5.41, 5.74) is 1.39. The van der Waals surface area contributed by atoms with E-state index in [9.17, 15) is 19.3 Å². The van der Waals surface area contributed by atoms with Crippen LogP contribution >= 0.6 is 22.9 Å². The molecule has 1 amide bonds. The van der Waals surface area contributed by atoms with Gasteiger partial charge < -0.3 is 9.73 Å². The molecule has 0 saturated carbocycles. The number of oxazole rings is 1. The summed E-state index contributed by atoms with van der Waals surface area (Å²) in [4.78, 5) is 28.1. The Bertz CT molecular complexity index is 1550. The van der Waals surface area contributed by atoms with Crippen LogP contribution in [0.4, 0.5) is 15.8 Å². The average Bonchev–Trinajstić information content (AvgIpc) is 3.34. The smallest absolute Gasteiger partial charge is 0.287 e. The number of carbonyl (C=O) groups is 1. The van der Waals surface area contributed by atoms with E-state index in [-0.39, 0.29) is 27.0 Å². The second kappa shape index (κ2) is 7.70. The zero-order valence-electron chi connectivity index (χ0n) is 16.0. The Morgan fingerprint density at radius 3 is 2.75 bits per heavy atom. The number of nitrogens with zero attached hydrogens (tertiary/aromatic N) is 2. The lowest BCUT2D eigenvalue weighted by Crippen LogP contribution is -2.10. The van der Waals surface area contributed by atoms with Gasteiger partial charge in [-0.15, -0.1) is 11.3 Å². The normalized spacial score (nSPS) is 11.2. The minimum Gasteiger partial charge on any atom is -0.436 e. The molecule has 0 aliphatic heterocycles. The molecule has 158 valence electrons. The highest BCUT2D eigenvalue weighted by Crippen LogP contribution is 2.40. The third-order valence-corrected chi connectivity index (χ3v) is 6.52. The van der Waals surface area contributed by atoms with Gasteiger partial charge in [0.2, 0.25) is 5.89 Å². The van der Waals surface area contributed by atoms with E-state index < -0.39 is 16.6 Å². The third-order valence-electron chi connectivity index (χ3n) is 4.79. The number of nitrogens with one attached hydrogen (secondary N) is 1. The minimum atomic E-state index is -0.511. The Labute approximate surface area is 188 Å². The maximum atomic E-state index is 14.0. The van der Waals surface area contributed by atoms with Gasteiger partial charge in [-0.1, -0.05) is 35.9 Å².